The summed E-state index contributed by atoms with van der Waals surface area (Å²) in [5.74, 6) is -0.159. The van der Waals surface area contributed by atoms with Crippen molar-refractivity contribution >= 4 is 22.4 Å². The van der Waals surface area contributed by atoms with Crippen LogP contribution in [0.4, 0.5) is 13.2 Å². The maximum Gasteiger partial charge on any atom is 0.417 e. The third-order valence-corrected chi connectivity index (χ3v) is 3.99. The Kier molecular flexibility index (Phi) is 6.96. The van der Waals surface area contributed by atoms with E-state index in [2.05, 4.69) is 4.72 Å². The molecule has 0 radical (unpaired) electrons. The maximum absolute atomic E-state index is 12.7. The topological polar surface area (TPSA) is 72.2 Å². The van der Waals surface area contributed by atoms with Gasteiger partial charge in [0.1, 0.15) is 0 Å². The molecule has 116 valence electrons. The summed E-state index contributed by atoms with van der Waals surface area (Å²) in [5.41, 5.74) is 4.15. The zero-order valence-electron chi connectivity index (χ0n) is 10.6. The molecule has 0 aromatic heterocycles. The molecule has 1 unspecified atom stereocenters. The Morgan fingerprint density at radius 2 is 1.85 bits per heavy atom. The fourth-order valence-electron chi connectivity index (χ4n) is 1.35. The average molecular weight is 333 g/mol. The van der Waals surface area contributed by atoms with E-state index in [4.69, 9.17) is 5.73 Å². The highest BCUT2D eigenvalue weighted by atomic mass is 35.5. The van der Waals surface area contributed by atoms with E-state index in [1.54, 1.807) is 6.92 Å². The van der Waals surface area contributed by atoms with Gasteiger partial charge in [0.2, 0.25) is 10.0 Å². The normalized spacial score (nSPS) is 13.7. The van der Waals surface area contributed by atoms with Crippen LogP contribution in [0.15, 0.2) is 29.2 Å². The minimum Gasteiger partial charge on any atom is -0.330 e. The first kappa shape index (κ1) is 19.2. The van der Waals surface area contributed by atoms with Crippen molar-refractivity contribution in [2.75, 3.05) is 13.1 Å². The Morgan fingerprint density at radius 3 is 2.35 bits per heavy atom. The number of nitrogens with one attached hydrogen (secondary N) is 1. The van der Waals surface area contributed by atoms with Crippen LogP contribution in [0.2, 0.25) is 0 Å². The molecule has 0 aliphatic carbocycles. The van der Waals surface area contributed by atoms with E-state index in [0.717, 1.165) is 18.2 Å². The highest BCUT2D eigenvalue weighted by Gasteiger charge is 2.36. The number of hydrogen-bond donors (Lipinski definition) is 2. The van der Waals surface area contributed by atoms with Gasteiger partial charge in [-0.05, 0) is 24.6 Å². The summed E-state index contributed by atoms with van der Waals surface area (Å²) in [6.45, 7) is 1.92. The molecule has 9 heteroatoms. The average Bonchev–Trinajstić information content (AvgIpc) is 2.35. The lowest BCUT2D eigenvalue weighted by molar-refractivity contribution is -0.139. The summed E-state index contributed by atoms with van der Waals surface area (Å²) < 4.78 is 64.1. The predicted molar refractivity (Wildman–Crippen MR) is 72.1 cm³/mol. The molecule has 0 aliphatic rings. The third kappa shape index (κ3) is 4.93. The van der Waals surface area contributed by atoms with Crippen molar-refractivity contribution in [1.29, 1.82) is 0 Å². The van der Waals surface area contributed by atoms with Gasteiger partial charge < -0.3 is 5.73 Å². The van der Waals surface area contributed by atoms with E-state index in [0.29, 0.717) is 0 Å². The lowest BCUT2D eigenvalue weighted by atomic mass is 10.2. The van der Waals surface area contributed by atoms with Crippen molar-refractivity contribution in [3.05, 3.63) is 29.8 Å². The van der Waals surface area contributed by atoms with Crippen molar-refractivity contribution < 1.29 is 21.6 Å². The molecule has 0 amide bonds. The molecule has 0 fully saturated rings. The molecule has 0 bridgehead atoms. The van der Waals surface area contributed by atoms with E-state index in [-0.39, 0.29) is 31.4 Å². The van der Waals surface area contributed by atoms with Crippen LogP contribution in [-0.2, 0) is 16.2 Å². The van der Waals surface area contributed by atoms with Gasteiger partial charge in [-0.15, -0.1) is 12.4 Å². The van der Waals surface area contributed by atoms with Crippen LogP contribution in [-0.4, -0.2) is 21.5 Å². The van der Waals surface area contributed by atoms with Crippen LogP contribution in [0, 0.1) is 5.92 Å². The lowest BCUT2D eigenvalue weighted by Crippen LogP contribution is -2.32. The van der Waals surface area contributed by atoms with Crippen LogP contribution in [0.25, 0.3) is 0 Å². The zero-order valence-corrected chi connectivity index (χ0v) is 12.3. The molecule has 0 heterocycles. The Hall–Kier alpha value is -0.830. The highest BCUT2D eigenvalue weighted by Crippen LogP contribution is 2.33. The molecule has 0 spiro atoms. The SMILES string of the molecule is CC(CN)CNS(=O)(=O)c1ccccc1C(F)(F)F.Cl. The maximum atomic E-state index is 12.7. The summed E-state index contributed by atoms with van der Waals surface area (Å²) in [6.07, 6.45) is -4.72. The molecule has 1 rings (SSSR count). The van der Waals surface area contributed by atoms with Crippen molar-refractivity contribution in [2.24, 2.45) is 11.7 Å². The fraction of sp³-hybridized carbons (Fsp3) is 0.455. The van der Waals surface area contributed by atoms with Crippen LogP contribution >= 0.6 is 12.4 Å². The van der Waals surface area contributed by atoms with Crippen LogP contribution < -0.4 is 10.5 Å². The summed E-state index contributed by atoms with van der Waals surface area (Å²) in [5, 5.41) is 0. The number of rotatable bonds is 5. The number of sulfonamides is 1. The summed E-state index contributed by atoms with van der Waals surface area (Å²) in [7, 11) is -4.20. The van der Waals surface area contributed by atoms with Crippen LogP contribution in [0.3, 0.4) is 0 Å². The Bertz CT molecular complexity index is 535. The Morgan fingerprint density at radius 1 is 1.30 bits per heavy atom. The van der Waals surface area contributed by atoms with Crippen LogP contribution in [0.5, 0.6) is 0 Å². The van der Waals surface area contributed by atoms with E-state index >= 15 is 0 Å². The number of halogens is 4. The van der Waals surface area contributed by atoms with Crippen LogP contribution in [0.1, 0.15) is 12.5 Å². The smallest absolute Gasteiger partial charge is 0.330 e. The van der Waals surface area contributed by atoms with Gasteiger partial charge in [0.25, 0.3) is 0 Å². The molecule has 3 N–H and O–H groups in total. The summed E-state index contributed by atoms with van der Waals surface area (Å²) in [6, 6.07) is 4.06. The van der Waals surface area contributed by atoms with Crippen molar-refractivity contribution in [3.63, 3.8) is 0 Å². The van der Waals surface area contributed by atoms with Gasteiger partial charge >= 0.3 is 6.18 Å². The monoisotopic (exact) mass is 332 g/mol. The van der Waals surface area contributed by atoms with Crippen molar-refractivity contribution in [2.45, 2.75) is 18.0 Å². The first-order valence-corrected chi connectivity index (χ1v) is 7.02. The number of benzene rings is 1. The molecule has 0 saturated carbocycles. The molecule has 0 aliphatic heterocycles. The largest absolute Gasteiger partial charge is 0.417 e. The van der Waals surface area contributed by atoms with E-state index in [9.17, 15) is 21.6 Å². The van der Waals surface area contributed by atoms with E-state index < -0.39 is 26.7 Å². The molecular formula is C11H16ClF3N2O2S. The zero-order chi connectivity index (χ0) is 14.7. The molecule has 4 nitrogen and oxygen atoms in total. The molecular weight excluding hydrogens is 317 g/mol. The van der Waals surface area contributed by atoms with Gasteiger partial charge in [0.05, 0.1) is 10.5 Å². The second-order valence-electron chi connectivity index (χ2n) is 4.19. The van der Waals surface area contributed by atoms with Gasteiger partial charge in [-0.3, -0.25) is 0 Å². The highest BCUT2D eigenvalue weighted by molar-refractivity contribution is 7.89. The van der Waals surface area contributed by atoms with Crippen molar-refractivity contribution in [3.8, 4) is 0 Å². The summed E-state index contributed by atoms with van der Waals surface area (Å²) >= 11 is 0. The standard InChI is InChI=1S/C11H15F3N2O2S.ClH/c1-8(6-15)7-16-19(17,18)10-5-3-2-4-9(10)11(12,13)14;/h2-5,8,16H,6-7,15H2,1H3;1H. The van der Waals surface area contributed by atoms with Gasteiger partial charge in [-0.1, -0.05) is 19.1 Å². The lowest BCUT2D eigenvalue weighted by Gasteiger charge is -2.15. The van der Waals surface area contributed by atoms with Gasteiger partial charge in [-0.2, -0.15) is 13.2 Å². The second-order valence-corrected chi connectivity index (χ2v) is 5.92. The van der Waals surface area contributed by atoms with Gasteiger partial charge in [-0.25, -0.2) is 13.1 Å². The van der Waals surface area contributed by atoms with Crippen molar-refractivity contribution in [1.82, 2.24) is 4.72 Å². The fourth-order valence-corrected chi connectivity index (χ4v) is 2.74. The predicted octanol–water partition coefficient (Wildman–Crippen LogP) is 2.00. The van der Waals surface area contributed by atoms with Gasteiger partial charge in [0.15, 0.2) is 0 Å². The van der Waals surface area contributed by atoms with Gasteiger partial charge in [0, 0.05) is 6.54 Å². The first-order valence-electron chi connectivity index (χ1n) is 5.54. The number of hydrogen-bond acceptors (Lipinski definition) is 3. The Balaban J connectivity index is 0.00000361. The first-order chi connectivity index (χ1) is 8.68. The van der Waals surface area contributed by atoms with E-state index in [1.165, 1.54) is 6.07 Å². The minimum atomic E-state index is -4.72. The minimum absolute atomic E-state index is 0. The Labute approximate surface area is 122 Å². The second kappa shape index (κ2) is 7.26. The molecule has 1 atom stereocenters. The number of alkyl halides is 3. The molecule has 1 aromatic rings. The number of nitrogens with two attached hydrogens (primary N) is 1. The molecule has 20 heavy (non-hydrogen) atoms. The quantitative estimate of drug-likeness (QED) is 0.866. The third-order valence-electron chi connectivity index (χ3n) is 2.51. The molecule has 1 aromatic carbocycles. The summed E-state index contributed by atoms with van der Waals surface area (Å²) in [4.78, 5) is -0.772. The molecule has 0 saturated heterocycles. The van der Waals surface area contributed by atoms with E-state index in [1.807, 2.05) is 0 Å².